The summed E-state index contributed by atoms with van der Waals surface area (Å²) in [5.41, 5.74) is 6.23. The summed E-state index contributed by atoms with van der Waals surface area (Å²) < 4.78 is 41.2. The average molecular weight is 927 g/mol. The van der Waals surface area contributed by atoms with Crippen LogP contribution in [-0.4, -0.2) is 102 Å². The number of ether oxygens (including phenoxy) is 2. The summed E-state index contributed by atoms with van der Waals surface area (Å²) in [5, 5.41) is 13.1. The van der Waals surface area contributed by atoms with Gasteiger partial charge >= 0.3 is 0 Å². The molecule has 4 heterocycles. The van der Waals surface area contributed by atoms with E-state index in [0.717, 1.165) is 16.7 Å². The van der Waals surface area contributed by atoms with Gasteiger partial charge in [-0.05, 0) is 60.5 Å². The SMILES string of the molecule is NN=C(C=NCCOCCOCCNCCC#Cc1cccc2c1CN(C1CCC(=O)NC1=O)C2=O)c1ccc(Nc2ncc3c(n2)-c2ccc(Cl)cc2C(c2c(F)cccc2F)=NC3)cc1. The third-order valence-electron chi connectivity index (χ3n) is 11.1. The van der Waals surface area contributed by atoms with Crippen LogP contribution in [0.2, 0.25) is 5.02 Å². The van der Waals surface area contributed by atoms with Gasteiger partial charge in [-0.2, -0.15) is 5.10 Å². The van der Waals surface area contributed by atoms with Crippen LogP contribution in [0.1, 0.15) is 63.0 Å². The minimum Gasteiger partial charge on any atom is -0.378 e. The molecule has 1 fully saturated rings. The zero-order valence-electron chi connectivity index (χ0n) is 36.2. The number of nitrogens with two attached hydrogens (primary N) is 1. The molecular weight excluding hydrogens is 882 g/mol. The number of hydrazone groups is 1. The van der Waals surface area contributed by atoms with E-state index in [9.17, 15) is 23.2 Å². The minimum atomic E-state index is -0.730. The van der Waals surface area contributed by atoms with E-state index in [-0.39, 0.29) is 42.6 Å². The molecule has 15 nitrogen and oxygen atoms in total. The summed E-state index contributed by atoms with van der Waals surface area (Å²) in [6.45, 7) is 3.83. The monoisotopic (exact) mass is 926 g/mol. The predicted octanol–water partition coefficient (Wildman–Crippen LogP) is 5.73. The Bertz CT molecular complexity index is 2830. The number of aliphatic imine (C=N–C) groups is 2. The zero-order chi connectivity index (χ0) is 46.7. The third-order valence-corrected chi connectivity index (χ3v) is 11.4. The minimum absolute atomic E-state index is 0.103. The number of rotatable bonds is 17. The summed E-state index contributed by atoms with van der Waals surface area (Å²) in [6.07, 6.45) is 4.35. The average Bonchev–Trinajstić information content (AvgIpc) is 3.58. The number of nitrogens with one attached hydrogen (secondary N) is 3. The van der Waals surface area contributed by atoms with Gasteiger partial charge in [0.25, 0.3) is 5.91 Å². The molecule has 4 aromatic carbocycles. The molecule has 5 aromatic rings. The van der Waals surface area contributed by atoms with E-state index in [0.29, 0.717) is 109 Å². The van der Waals surface area contributed by atoms with Gasteiger partial charge in [-0.15, -0.1) is 0 Å². The lowest BCUT2D eigenvalue weighted by molar-refractivity contribution is -0.136. The highest BCUT2D eigenvalue weighted by molar-refractivity contribution is 6.38. The molecule has 1 aromatic heterocycles. The smallest absolute Gasteiger partial charge is 0.255 e. The Balaban J connectivity index is 0.723. The molecule has 8 rings (SSSR count). The van der Waals surface area contributed by atoms with E-state index < -0.39 is 23.6 Å². The van der Waals surface area contributed by atoms with Crippen molar-refractivity contribution in [3.63, 3.8) is 0 Å². The normalized spacial score (nSPS) is 15.6. The van der Waals surface area contributed by atoms with Crippen LogP contribution in [0.15, 0.2) is 100 Å². The highest BCUT2D eigenvalue weighted by Gasteiger charge is 2.39. The zero-order valence-corrected chi connectivity index (χ0v) is 36.9. The molecule has 18 heteroatoms. The van der Waals surface area contributed by atoms with Gasteiger partial charge in [-0.25, -0.2) is 18.7 Å². The van der Waals surface area contributed by atoms with Crippen molar-refractivity contribution in [2.75, 3.05) is 51.4 Å². The van der Waals surface area contributed by atoms with Crippen molar-refractivity contribution in [3.05, 3.63) is 141 Å². The maximum absolute atomic E-state index is 14.9. The molecule has 5 N–H and O–H groups in total. The highest BCUT2D eigenvalue weighted by Crippen LogP contribution is 2.35. The van der Waals surface area contributed by atoms with Crippen molar-refractivity contribution in [1.29, 1.82) is 0 Å². The van der Waals surface area contributed by atoms with Crippen LogP contribution in [0.4, 0.5) is 20.4 Å². The van der Waals surface area contributed by atoms with Gasteiger partial charge in [0, 0.05) is 89.0 Å². The second-order valence-corrected chi connectivity index (χ2v) is 16.0. The lowest BCUT2D eigenvalue weighted by Crippen LogP contribution is -2.52. The van der Waals surface area contributed by atoms with Crippen molar-refractivity contribution in [3.8, 4) is 23.1 Å². The second kappa shape index (κ2) is 21.8. The second-order valence-electron chi connectivity index (χ2n) is 15.5. The number of carbonyl (C=O) groups is 3. The van der Waals surface area contributed by atoms with E-state index in [1.807, 2.05) is 30.3 Å². The Kier molecular flexibility index (Phi) is 15.1. The molecule has 3 aliphatic rings. The number of amides is 3. The van der Waals surface area contributed by atoms with E-state index in [1.54, 1.807) is 42.7 Å². The molecule has 1 atom stereocenters. The number of nitrogens with zero attached hydrogens (tertiary/aromatic N) is 6. The topological polar surface area (TPSA) is 198 Å². The number of halogens is 3. The molecular formula is C49H45ClF2N10O5. The van der Waals surface area contributed by atoms with Crippen LogP contribution in [0.25, 0.3) is 11.3 Å². The first kappa shape index (κ1) is 46.3. The Morgan fingerprint density at radius 3 is 2.54 bits per heavy atom. The highest BCUT2D eigenvalue weighted by atomic mass is 35.5. The molecule has 0 radical (unpaired) electrons. The standard InChI is InChI=1S/C49H45ClF2N10O5/c50-33-12-15-35-37(25-33)46(44-39(51)8-4-9-40(44)52)56-26-32-27-57-49(60-45(32)35)58-34-13-10-31(11-14-34)41(61-53)28-55-20-22-67-24-23-66-21-19-54-18-2-1-5-30-6-3-7-36-38(30)29-62(48(36)65)42-16-17-43(63)59-47(42)64/h3-4,6-15,25,27-28,42,54H,2,16-24,26,29,53H2,(H,57,58,60)(H,59,63,64). The largest absolute Gasteiger partial charge is 0.378 e. The van der Waals surface area contributed by atoms with Crippen molar-refractivity contribution >= 4 is 58.6 Å². The van der Waals surface area contributed by atoms with Crippen LogP contribution in [-0.2, 0) is 32.2 Å². The number of anilines is 2. The van der Waals surface area contributed by atoms with Gasteiger partial charge in [0.15, 0.2) is 0 Å². The van der Waals surface area contributed by atoms with Gasteiger partial charge in [0.05, 0.1) is 56.5 Å². The molecule has 67 heavy (non-hydrogen) atoms. The van der Waals surface area contributed by atoms with Gasteiger partial charge in [-0.3, -0.25) is 29.7 Å². The Morgan fingerprint density at radius 2 is 1.75 bits per heavy atom. The number of piperidine rings is 1. The molecule has 0 saturated carbocycles. The number of aromatic nitrogens is 2. The lowest BCUT2D eigenvalue weighted by atomic mass is 9.95. The number of fused-ring (bicyclic) bond motifs is 4. The molecule has 3 amide bonds. The van der Waals surface area contributed by atoms with Crippen LogP contribution in [0, 0.1) is 23.5 Å². The van der Waals surface area contributed by atoms with Crippen molar-refractivity contribution in [1.82, 2.24) is 25.5 Å². The first-order valence-corrected chi connectivity index (χ1v) is 22.0. The quantitative estimate of drug-likeness (QED) is 0.0223. The number of imide groups is 1. The Labute approximate surface area is 389 Å². The van der Waals surface area contributed by atoms with Crippen LogP contribution < -0.4 is 21.8 Å². The van der Waals surface area contributed by atoms with Gasteiger partial charge in [0.2, 0.25) is 17.8 Å². The van der Waals surface area contributed by atoms with Crippen LogP contribution >= 0.6 is 11.6 Å². The fourth-order valence-electron chi connectivity index (χ4n) is 7.83. The molecule has 1 unspecified atom stereocenters. The van der Waals surface area contributed by atoms with E-state index in [4.69, 9.17) is 31.9 Å². The first-order chi connectivity index (χ1) is 32.7. The summed E-state index contributed by atoms with van der Waals surface area (Å²) in [5.74, 6) is 9.91. The molecule has 342 valence electrons. The fourth-order valence-corrected chi connectivity index (χ4v) is 8.00. The number of carbonyl (C=O) groups excluding carboxylic acids is 3. The third kappa shape index (κ3) is 11.1. The van der Waals surface area contributed by atoms with E-state index in [2.05, 4.69) is 47.9 Å². The molecule has 1 saturated heterocycles. The van der Waals surface area contributed by atoms with E-state index in [1.165, 1.54) is 23.1 Å². The fraction of sp³-hybridized carbons (Fsp3) is 0.265. The first-order valence-electron chi connectivity index (χ1n) is 21.6. The van der Waals surface area contributed by atoms with Gasteiger partial charge in [-0.1, -0.05) is 53.8 Å². The molecule has 0 spiro atoms. The van der Waals surface area contributed by atoms with Crippen molar-refractivity contribution in [2.24, 2.45) is 20.9 Å². The van der Waals surface area contributed by atoms with Crippen molar-refractivity contribution < 1.29 is 32.6 Å². The number of hydrogen-bond acceptors (Lipinski definition) is 13. The summed E-state index contributed by atoms with van der Waals surface area (Å²) >= 11 is 6.36. The Morgan fingerprint density at radius 1 is 0.955 bits per heavy atom. The number of benzene rings is 4. The Hall–Kier alpha value is -7.23. The van der Waals surface area contributed by atoms with Crippen LogP contribution in [0.5, 0.6) is 0 Å². The van der Waals surface area contributed by atoms with E-state index >= 15 is 0 Å². The maximum atomic E-state index is 14.9. The maximum Gasteiger partial charge on any atom is 0.255 e. The van der Waals surface area contributed by atoms with Gasteiger partial charge < -0.3 is 30.8 Å². The summed E-state index contributed by atoms with van der Waals surface area (Å²) in [6, 6.07) is 20.9. The lowest BCUT2D eigenvalue weighted by Gasteiger charge is -2.29. The molecule has 0 aliphatic carbocycles. The van der Waals surface area contributed by atoms with Crippen molar-refractivity contribution in [2.45, 2.75) is 38.4 Å². The molecule has 3 aliphatic heterocycles. The summed E-state index contributed by atoms with van der Waals surface area (Å²) in [7, 11) is 0. The summed E-state index contributed by atoms with van der Waals surface area (Å²) in [4.78, 5) is 56.8. The van der Waals surface area contributed by atoms with Crippen LogP contribution in [0.3, 0.4) is 0 Å². The van der Waals surface area contributed by atoms with Gasteiger partial charge in [0.1, 0.15) is 23.4 Å². The molecule has 0 bridgehead atoms. The predicted molar refractivity (Wildman–Crippen MR) is 250 cm³/mol. The number of hydrogen-bond donors (Lipinski definition) is 4.